The molecule has 0 bridgehead atoms. The summed E-state index contributed by atoms with van der Waals surface area (Å²) in [5, 5.41) is 6.61. The molecule has 0 saturated carbocycles. The minimum absolute atomic E-state index is 0.0238. The molecule has 3 heterocycles. The predicted octanol–water partition coefficient (Wildman–Crippen LogP) is 4.21. The Balaban J connectivity index is 1.45. The summed E-state index contributed by atoms with van der Waals surface area (Å²) in [5.74, 6) is 0.661. The highest BCUT2D eigenvalue weighted by molar-refractivity contribution is 7.10. The van der Waals surface area contributed by atoms with Crippen LogP contribution in [0, 0.1) is 0 Å². The molecule has 0 N–H and O–H groups in total. The minimum atomic E-state index is -0.289. The second-order valence-electron chi connectivity index (χ2n) is 7.57. The number of halogens is 1. The van der Waals surface area contributed by atoms with Gasteiger partial charge in [0.15, 0.2) is 0 Å². The van der Waals surface area contributed by atoms with E-state index in [1.54, 1.807) is 24.1 Å². The maximum Gasteiger partial charge on any atom is 0.249 e. The Bertz CT molecular complexity index is 1050. The van der Waals surface area contributed by atoms with Crippen LogP contribution >= 0.6 is 22.9 Å². The molecule has 1 aromatic carbocycles. The fourth-order valence-corrected chi connectivity index (χ4v) is 4.57. The number of thiophene rings is 1. The van der Waals surface area contributed by atoms with Crippen LogP contribution in [-0.2, 0) is 16.0 Å². The summed E-state index contributed by atoms with van der Waals surface area (Å²) in [5.41, 5.74) is 0.759. The van der Waals surface area contributed by atoms with Crippen LogP contribution < -0.4 is 0 Å². The summed E-state index contributed by atoms with van der Waals surface area (Å²) in [7, 11) is 1.66. The van der Waals surface area contributed by atoms with Gasteiger partial charge in [0, 0.05) is 29.1 Å². The fourth-order valence-electron chi connectivity index (χ4n) is 3.68. The van der Waals surface area contributed by atoms with Crippen LogP contribution in [0.2, 0.25) is 5.02 Å². The summed E-state index contributed by atoms with van der Waals surface area (Å²) in [4.78, 5) is 34.3. The summed E-state index contributed by atoms with van der Waals surface area (Å²) in [6.07, 6.45) is 2.92. The van der Waals surface area contributed by atoms with Crippen molar-refractivity contribution in [1.29, 1.82) is 0 Å². The molecule has 7 nitrogen and oxygen atoms in total. The lowest BCUT2D eigenvalue weighted by atomic mass is 10.0. The van der Waals surface area contributed by atoms with Crippen molar-refractivity contribution in [3.05, 3.63) is 57.6 Å². The maximum atomic E-state index is 13.0. The number of rotatable bonds is 6. The van der Waals surface area contributed by atoms with Crippen molar-refractivity contribution in [3.8, 4) is 11.4 Å². The Morgan fingerprint density at radius 1 is 1.29 bits per heavy atom. The molecule has 1 aliphatic heterocycles. The number of amides is 2. The van der Waals surface area contributed by atoms with Crippen molar-refractivity contribution in [1.82, 2.24) is 19.9 Å². The molecule has 1 saturated heterocycles. The van der Waals surface area contributed by atoms with Gasteiger partial charge in [0.05, 0.1) is 13.0 Å². The molecule has 1 aliphatic rings. The summed E-state index contributed by atoms with van der Waals surface area (Å²) in [6.45, 7) is 0.626. The van der Waals surface area contributed by atoms with Gasteiger partial charge in [-0.05, 0) is 42.8 Å². The summed E-state index contributed by atoms with van der Waals surface area (Å²) >= 11 is 7.60. The number of benzene rings is 1. The van der Waals surface area contributed by atoms with Crippen molar-refractivity contribution < 1.29 is 14.1 Å². The zero-order chi connectivity index (χ0) is 21.8. The largest absolute Gasteiger partial charge is 0.337 e. The number of carbonyl (C=O) groups excluding carboxylic acids is 2. The molecule has 3 aromatic rings. The summed E-state index contributed by atoms with van der Waals surface area (Å²) in [6, 6.07) is 10.8. The smallest absolute Gasteiger partial charge is 0.249 e. The molecule has 2 amide bonds. The van der Waals surface area contributed by atoms with Gasteiger partial charge in [0.1, 0.15) is 6.04 Å². The molecule has 1 fully saturated rings. The molecule has 0 radical (unpaired) electrons. The molecule has 9 heteroatoms. The van der Waals surface area contributed by atoms with Crippen LogP contribution in [0.3, 0.4) is 0 Å². The van der Waals surface area contributed by atoms with Gasteiger partial charge < -0.3 is 14.3 Å². The van der Waals surface area contributed by atoms with Gasteiger partial charge in [-0.25, -0.2) is 0 Å². The second-order valence-corrected chi connectivity index (χ2v) is 9.04. The highest BCUT2D eigenvalue weighted by Gasteiger charge is 2.33. The van der Waals surface area contributed by atoms with Crippen molar-refractivity contribution in [2.45, 2.75) is 31.7 Å². The monoisotopic (exact) mass is 458 g/mol. The molecular weight excluding hydrogens is 436 g/mol. The minimum Gasteiger partial charge on any atom is -0.337 e. The Hall–Kier alpha value is -2.71. The third-order valence-corrected chi connectivity index (χ3v) is 6.45. The quantitative estimate of drug-likeness (QED) is 0.553. The van der Waals surface area contributed by atoms with E-state index in [1.807, 2.05) is 29.6 Å². The molecular formula is C22H23ClN4O3S. The van der Waals surface area contributed by atoms with E-state index >= 15 is 0 Å². The van der Waals surface area contributed by atoms with Crippen molar-refractivity contribution in [2.24, 2.45) is 0 Å². The van der Waals surface area contributed by atoms with Crippen LogP contribution in [0.5, 0.6) is 0 Å². The molecule has 162 valence electrons. The number of carbonyl (C=O) groups is 2. The van der Waals surface area contributed by atoms with Crippen molar-refractivity contribution >= 4 is 34.8 Å². The normalized spacial score (nSPS) is 16.3. The van der Waals surface area contributed by atoms with E-state index in [2.05, 4.69) is 10.1 Å². The molecule has 0 spiro atoms. The highest BCUT2D eigenvalue weighted by Crippen LogP contribution is 2.31. The summed E-state index contributed by atoms with van der Waals surface area (Å²) < 4.78 is 5.52. The first-order chi connectivity index (χ1) is 15.0. The number of likely N-dealkylation sites (tertiary alicyclic amines) is 1. The maximum absolute atomic E-state index is 13.0. The standard InChI is InChI=1S/C22H23ClN4O3S/c1-26(19(28)13-17-8-5-11-31-17)14-20(29)27-10-3-2-9-18(27)22-24-21(25-30-22)15-6-4-7-16(23)12-15/h4-8,11-12,18H,2-3,9-10,13-14H2,1H3. The number of piperidine rings is 1. The Labute approximate surface area is 189 Å². The first-order valence-corrected chi connectivity index (χ1v) is 11.4. The van der Waals surface area contributed by atoms with Crippen LogP contribution in [0.25, 0.3) is 11.4 Å². The van der Waals surface area contributed by atoms with Crippen LogP contribution in [0.4, 0.5) is 0 Å². The van der Waals surface area contributed by atoms with Gasteiger partial charge in [0.2, 0.25) is 23.5 Å². The predicted molar refractivity (Wildman–Crippen MR) is 119 cm³/mol. The van der Waals surface area contributed by atoms with Gasteiger partial charge >= 0.3 is 0 Å². The average molecular weight is 459 g/mol. The molecule has 0 aliphatic carbocycles. The van der Waals surface area contributed by atoms with E-state index in [1.165, 1.54) is 16.2 Å². The van der Waals surface area contributed by atoms with Crippen LogP contribution in [0.15, 0.2) is 46.3 Å². The van der Waals surface area contributed by atoms with Gasteiger partial charge in [0.25, 0.3) is 0 Å². The van der Waals surface area contributed by atoms with E-state index in [0.717, 1.165) is 29.7 Å². The van der Waals surface area contributed by atoms with Crippen LogP contribution in [0.1, 0.15) is 36.1 Å². The van der Waals surface area contributed by atoms with Gasteiger partial charge in [-0.15, -0.1) is 11.3 Å². The number of likely N-dealkylation sites (N-methyl/N-ethyl adjacent to an activating group) is 1. The molecule has 1 unspecified atom stereocenters. The fraction of sp³-hybridized carbons (Fsp3) is 0.364. The third-order valence-electron chi connectivity index (χ3n) is 5.34. The van der Waals surface area contributed by atoms with E-state index in [-0.39, 0.29) is 24.4 Å². The number of nitrogens with zero attached hydrogens (tertiary/aromatic N) is 4. The molecule has 1 atom stereocenters. The first kappa shape index (κ1) is 21.5. The lowest BCUT2D eigenvalue weighted by Gasteiger charge is -2.34. The number of aromatic nitrogens is 2. The van der Waals surface area contributed by atoms with Gasteiger partial charge in [-0.1, -0.05) is 35.0 Å². The highest BCUT2D eigenvalue weighted by atomic mass is 35.5. The van der Waals surface area contributed by atoms with Crippen molar-refractivity contribution in [2.75, 3.05) is 20.1 Å². The second kappa shape index (κ2) is 9.62. The molecule has 2 aromatic heterocycles. The zero-order valence-electron chi connectivity index (χ0n) is 17.2. The number of hydrogen-bond acceptors (Lipinski definition) is 6. The lowest BCUT2D eigenvalue weighted by Crippen LogP contribution is -2.45. The zero-order valence-corrected chi connectivity index (χ0v) is 18.7. The van der Waals surface area contributed by atoms with Gasteiger partial charge in [-0.3, -0.25) is 9.59 Å². The Kier molecular flexibility index (Phi) is 6.67. The SMILES string of the molecule is CN(CC(=O)N1CCCCC1c1nc(-c2cccc(Cl)c2)no1)C(=O)Cc1cccs1. The Morgan fingerprint density at radius 2 is 2.16 bits per heavy atom. The van der Waals surface area contributed by atoms with Crippen LogP contribution in [-0.4, -0.2) is 51.9 Å². The molecule has 31 heavy (non-hydrogen) atoms. The average Bonchev–Trinajstić information content (AvgIpc) is 3.46. The number of hydrogen-bond donors (Lipinski definition) is 0. The third kappa shape index (κ3) is 5.14. The van der Waals surface area contributed by atoms with E-state index < -0.39 is 0 Å². The van der Waals surface area contributed by atoms with Crippen molar-refractivity contribution in [3.63, 3.8) is 0 Å². The van der Waals surface area contributed by atoms with E-state index in [9.17, 15) is 9.59 Å². The van der Waals surface area contributed by atoms with E-state index in [4.69, 9.17) is 16.1 Å². The molecule has 4 rings (SSSR count). The topological polar surface area (TPSA) is 79.5 Å². The lowest BCUT2D eigenvalue weighted by molar-refractivity contribution is -0.142. The van der Waals surface area contributed by atoms with Gasteiger partial charge in [-0.2, -0.15) is 4.98 Å². The van der Waals surface area contributed by atoms with E-state index in [0.29, 0.717) is 29.7 Å². The Morgan fingerprint density at radius 3 is 2.94 bits per heavy atom. The first-order valence-electron chi connectivity index (χ1n) is 10.2.